The van der Waals surface area contributed by atoms with E-state index in [4.69, 9.17) is 4.74 Å². The molecule has 0 radical (unpaired) electrons. The highest BCUT2D eigenvalue weighted by Gasteiger charge is 2.37. The Labute approximate surface area is 152 Å². The number of hydrogen-bond donors (Lipinski definition) is 0. The molecule has 3 heteroatoms. The minimum absolute atomic E-state index is 0.323. The van der Waals surface area contributed by atoms with Gasteiger partial charge in [0.15, 0.2) is 0 Å². The van der Waals surface area contributed by atoms with Crippen molar-refractivity contribution in [1.29, 1.82) is 0 Å². The zero-order valence-corrected chi connectivity index (χ0v) is 18.0. The van der Waals surface area contributed by atoms with Gasteiger partial charge in [0.2, 0.25) is 0 Å². The summed E-state index contributed by atoms with van der Waals surface area (Å²) in [6.07, 6.45) is 4.17. The summed E-state index contributed by atoms with van der Waals surface area (Å²) in [6, 6.07) is 0.760. The first-order valence-electron chi connectivity index (χ1n) is 9.93. The van der Waals surface area contributed by atoms with Gasteiger partial charge in [-0.1, -0.05) is 27.2 Å². The van der Waals surface area contributed by atoms with Crippen molar-refractivity contribution < 1.29 is 4.74 Å². The number of ether oxygens (including phenoxy) is 1. The molecule has 0 N–H and O–H groups in total. The molecule has 0 aromatic rings. The zero-order valence-electron chi connectivity index (χ0n) is 18.0. The average molecular weight is 341 g/mol. The molecule has 144 valence electrons. The number of likely N-dealkylation sites (tertiary alicyclic amines) is 1. The molecule has 2 rings (SSSR count). The summed E-state index contributed by atoms with van der Waals surface area (Å²) in [5.74, 6) is 0. The second-order valence-electron chi connectivity index (χ2n) is 10.5. The second kappa shape index (κ2) is 8.51. The molecule has 1 atom stereocenters. The van der Waals surface area contributed by atoms with Gasteiger partial charge in [-0.15, -0.1) is 0 Å². The fourth-order valence-corrected chi connectivity index (χ4v) is 3.87. The van der Waals surface area contributed by atoms with Crippen LogP contribution in [0.3, 0.4) is 0 Å². The zero-order chi connectivity index (χ0) is 18.6. The van der Waals surface area contributed by atoms with Crippen molar-refractivity contribution in [3.63, 3.8) is 0 Å². The van der Waals surface area contributed by atoms with Gasteiger partial charge in [-0.3, -0.25) is 9.80 Å². The van der Waals surface area contributed by atoms with Crippen LogP contribution in [0, 0.1) is 5.41 Å². The molecule has 0 aromatic heterocycles. The highest BCUT2D eigenvalue weighted by Crippen LogP contribution is 2.35. The molecule has 3 nitrogen and oxygen atoms in total. The molecule has 0 bridgehead atoms. The molecule has 24 heavy (non-hydrogen) atoms. The van der Waals surface area contributed by atoms with Crippen LogP contribution in [0.4, 0.5) is 0 Å². The van der Waals surface area contributed by atoms with Gasteiger partial charge in [-0.2, -0.15) is 0 Å². The van der Waals surface area contributed by atoms with Crippen LogP contribution < -0.4 is 0 Å². The smallest absolute Gasteiger partial charge is 0.0594 e. The molecule has 2 fully saturated rings. The Morgan fingerprint density at radius 3 is 1.58 bits per heavy atom. The lowest BCUT2D eigenvalue weighted by Crippen LogP contribution is -2.55. The van der Waals surface area contributed by atoms with E-state index < -0.39 is 0 Å². The lowest BCUT2D eigenvalue weighted by Gasteiger charge is -2.50. The van der Waals surface area contributed by atoms with Crippen LogP contribution in [-0.2, 0) is 4.74 Å². The first-order chi connectivity index (χ1) is 10.8. The van der Waals surface area contributed by atoms with Crippen LogP contribution in [0.1, 0.15) is 81.6 Å². The minimum atomic E-state index is 0.323. The third kappa shape index (κ3) is 7.01. The summed E-state index contributed by atoms with van der Waals surface area (Å²) >= 11 is 0. The van der Waals surface area contributed by atoms with Crippen LogP contribution >= 0.6 is 0 Å². The predicted octanol–water partition coefficient (Wildman–Crippen LogP) is 4.80. The molecule has 0 aromatic carbocycles. The van der Waals surface area contributed by atoms with E-state index in [1.54, 1.807) is 0 Å². The molecule has 0 saturated carbocycles. The lowest BCUT2D eigenvalue weighted by atomic mass is 9.78. The molecule has 2 heterocycles. The normalized spacial score (nSPS) is 25.1. The van der Waals surface area contributed by atoms with Crippen molar-refractivity contribution in [1.82, 2.24) is 9.80 Å². The topological polar surface area (TPSA) is 15.7 Å². The monoisotopic (exact) mass is 340 g/mol. The highest BCUT2D eigenvalue weighted by molar-refractivity contribution is 4.92. The van der Waals surface area contributed by atoms with E-state index in [-0.39, 0.29) is 0 Å². The summed E-state index contributed by atoms with van der Waals surface area (Å²) < 4.78 is 5.25. The van der Waals surface area contributed by atoms with E-state index in [2.05, 4.69) is 72.1 Å². The molecule has 2 aliphatic heterocycles. The highest BCUT2D eigenvalue weighted by atomic mass is 16.5. The van der Waals surface area contributed by atoms with Crippen molar-refractivity contribution in [2.45, 2.75) is 98.7 Å². The largest absolute Gasteiger partial charge is 0.379 e. The van der Waals surface area contributed by atoms with Gasteiger partial charge in [0, 0.05) is 30.2 Å². The summed E-state index contributed by atoms with van der Waals surface area (Å²) in [5.41, 5.74) is 1.08. The Hall–Kier alpha value is -0.120. The number of nitrogens with zero attached hydrogens (tertiary/aromatic N) is 2. The maximum absolute atomic E-state index is 5.25. The van der Waals surface area contributed by atoms with Crippen LogP contribution in [-0.4, -0.2) is 59.8 Å². The van der Waals surface area contributed by atoms with Crippen LogP contribution in [0.15, 0.2) is 0 Å². The number of rotatable bonds is 0. The van der Waals surface area contributed by atoms with Gasteiger partial charge in [0.05, 0.1) is 13.2 Å². The van der Waals surface area contributed by atoms with Gasteiger partial charge in [0.25, 0.3) is 0 Å². The molecule has 0 amide bonds. The molecule has 1 unspecified atom stereocenters. The van der Waals surface area contributed by atoms with Crippen molar-refractivity contribution in [2.75, 3.05) is 32.8 Å². The SMILES string of the molecule is CC(C)(C)C1CCCCN1C(C)(C)C.CC(C)(C)N1CCOCC1. The number of morpholine rings is 1. The average Bonchev–Trinajstić information content (AvgIpc) is 2.46. The lowest BCUT2D eigenvalue weighted by molar-refractivity contribution is -0.00414. The van der Waals surface area contributed by atoms with E-state index in [9.17, 15) is 0 Å². The van der Waals surface area contributed by atoms with E-state index in [1.807, 2.05) is 0 Å². The van der Waals surface area contributed by atoms with Gasteiger partial charge < -0.3 is 4.74 Å². The van der Waals surface area contributed by atoms with Crippen LogP contribution in [0.2, 0.25) is 0 Å². The van der Waals surface area contributed by atoms with Crippen molar-refractivity contribution in [2.24, 2.45) is 5.41 Å². The minimum Gasteiger partial charge on any atom is -0.379 e. The van der Waals surface area contributed by atoms with Gasteiger partial charge in [-0.05, 0) is 66.3 Å². The molecular weight excluding hydrogens is 296 g/mol. The molecular formula is C21H44N2O. The van der Waals surface area contributed by atoms with Crippen molar-refractivity contribution >= 4 is 0 Å². The second-order valence-corrected chi connectivity index (χ2v) is 10.5. The van der Waals surface area contributed by atoms with Gasteiger partial charge >= 0.3 is 0 Å². The Balaban J connectivity index is 0.000000254. The first-order valence-corrected chi connectivity index (χ1v) is 9.93. The fourth-order valence-electron chi connectivity index (χ4n) is 3.87. The third-order valence-corrected chi connectivity index (χ3v) is 5.32. The molecule has 2 aliphatic rings. The van der Waals surface area contributed by atoms with Crippen LogP contribution in [0.5, 0.6) is 0 Å². The van der Waals surface area contributed by atoms with E-state index in [0.717, 1.165) is 32.3 Å². The van der Waals surface area contributed by atoms with Gasteiger partial charge in [0.1, 0.15) is 0 Å². The van der Waals surface area contributed by atoms with Crippen molar-refractivity contribution in [3.8, 4) is 0 Å². The quantitative estimate of drug-likeness (QED) is 0.630. The summed E-state index contributed by atoms with van der Waals surface area (Å²) in [7, 11) is 0. The summed E-state index contributed by atoms with van der Waals surface area (Å²) in [6.45, 7) is 26.2. The fraction of sp³-hybridized carbons (Fsp3) is 1.00. The Morgan fingerprint density at radius 1 is 0.708 bits per heavy atom. The van der Waals surface area contributed by atoms with Gasteiger partial charge in [-0.25, -0.2) is 0 Å². The summed E-state index contributed by atoms with van der Waals surface area (Å²) in [4.78, 5) is 5.16. The predicted molar refractivity (Wildman–Crippen MR) is 106 cm³/mol. The van der Waals surface area contributed by atoms with Crippen molar-refractivity contribution in [3.05, 3.63) is 0 Å². The Morgan fingerprint density at radius 2 is 1.25 bits per heavy atom. The summed E-state index contributed by atoms with van der Waals surface area (Å²) in [5, 5.41) is 0. The number of hydrogen-bond acceptors (Lipinski definition) is 3. The van der Waals surface area contributed by atoms with E-state index >= 15 is 0 Å². The van der Waals surface area contributed by atoms with E-state index in [1.165, 1.54) is 25.8 Å². The molecule has 0 aliphatic carbocycles. The Bertz CT molecular complexity index is 332. The maximum atomic E-state index is 5.25. The first kappa shape index (κ1) is 21.9. The third-order valence-electron chi connectivity index (χ3n) is 5.32. The maximum Gasteiger partial charge on any atom is 0.0594 e. The standard InChI is InChI=1S/C13H27N.C8H17NO/c1-12(2,3)11-9-7-8-10-14(11)13(4,5)6;1-8(2,3)9-4-6-10-7-5-9/h11H,7-10H2,1-6H3;4-7H2,1-3H3. The number of piperidine rings is 1. The molecule has 0 spiro atoms. The van der Waals surface area contributed by atoms with Crippen LogP contribution in [0.25, 0.3) is 0 Å². The Kier molecular flexibility index (Phi) is 7.77. The molecule has 2 saturated heterocycles. The van der Waals surface area contributed by atoms with E-state index in [0.29, 0.717) is 16.5 Å².